The second-order valence-electron chi connectivity index (χ2n) is 3.79. The van der Waals surface area contributed by atoms with Crippen LogP contribution in [0.5, 0.6) is 0 Å². The molecule has 0 bridgehead atoms. The molecule has 1 aromatic rings. The number of nitrogens with one attached hydrogen (secondary N) is 1. The number of carbonyl (C=O) groups is 1. The topological polar surface area (TPSA) is 55.1 Å². The van der Waals surface area contributed by atoms with Crippen LogP contribution in [0.2, 0.25) is 0 Å². The van der Waals surface area contributed by atoms with Gasteiger partial charge >= 0.3 is 0 Å². The fourth-order valence-electron chi connectivity index (χ4n) is 1.84. The van der Waals surface area contributed by atoms with Gasteiger partial charge in [-0.05, 0) is 53.0 Å². The Morgan fingerprint density at radius 1 is 1.53 bits per heavy atom. The Kier molecular flexibility index (Phi) is 2.80. The minimum Gasteiger partial charge on any atom is -0.330 e. The summed E-state index contributed by atoms with van der Waals surface area (Å²) in [5.41, 5.74) is 8.67. The first kappa shape index (κ1) is 10.6. The normalized spacial score (nSPS) is 18.9. The van der Waals surface area contributed by atoms with E-state index in [9.17, 15) is 4.79 Å². The number of nitrogens with two attached hydrogens (primary N) is 1. The van der Waals surface area contributed by atoms with Crippen molar-refractivity contribution in [3.8, 4) is 0 Å². The van der Waals surface area contributed by atoms with E-state index in [0.717, 1.165) is 22.1 Å². The highest BCUT2D eigenvalue weighted by atomic mass is 79.9. The van der Waals surface area contributed by atoms with Gasteiger partial charge in [0.15, 0.2) is 0 Å². The molecule has 0 aromatic heterocycles. The molecular weight excluding hydrogens is 256 g/mol. The summed E-state index contributed by atoms with van der Waals surface area (Å²) in [7, 11) is 0. The lowest BCUT2D eigenvalue weighted by atomic mass is 9.99. The van der Waals surface area contributed by atoms with E-state index in [2.05, 4.69) is 27.3 Å². The van der Waals surface area contributed by atoms with Crippen LogP contribution < -0.4 is 11.1 Å². The fourth-order valence-corrected chi connectivity index (χ4v) is 2.47. The van der Waals surface area contributed by atoms with Crippen molar-refractivity contribution in [2.24, 2.45) is 5.73 Å². The second-order valence-corrected chi connectivity index (χ2v) is 4.65. The van der Waals surface area contributed by atoms with E-state index in [1.807, 2.05) is 13.0 Å². The smallest absolute Gasteiger partial charge is 0.231 e. The van der Waals surface area contributed by atoms with Crippen LogP contribution in [-0.4, -0.2) is 12.5 Å². The van der Waals surface area contributed by atoms with Gasteiger partial charge in [-0.25, -0.2) is 0 Å². The highest BCUT2D eigenvalue weighted by Gasteiger charge is 2.28. The zero-order chi connectivity index (χ0) is 11.0. The first-order valence-corrected chi connectivity index (χ1v) is 5.76. The SMILES string of the molecule is CC1C(=O)Nc2c(Br)cc(CCN)cc21. The van der Waals surface area contributed by atoms with E-state index < -0.39 is 0 Å². The number of anilines is 1. The third kappa shape index (κ3) is 1.79. The predicted octanol–water partition coefficient (Wildman–Crippen LogP) is 2.01. The number of carbonyl (C=O) groups excluding carboxylic acids is 1. The van der Waals surface area contributed by atoms with E-state index in [1.54, 1.807) is 0 Å². The third-order valence-corrected chi connectivity index (χ3v) is 3.35. The maximum atomic E-state index is 11.5. The molecule has 1 unspecified atom stereocenters. The summed E-state index contributed by atoms with van der Waals surface area (Å²) < 4.78 is 0.946. The molecule has 3 N–H and O–H groups in total. The Bertz CT molecular complexity index is 417. The highest BCUT2D eigenvalue weighted by Crippen LogP contribution is 2.38. The van der Waals surface area contributed by atoms with Gasteiger partial charge in [-0.1, -0.05) is 6.07 Å². The molecule has 0 saturated carbocycles. The molecular formula is C11H13BrN2O. The molecule has 0 saturated heterocycles. The van der Waals surface area contributed by atoms with Gasteiger partial charge in [-0.3, -0.25) is 4.79 Å². The number of halogens is 1. The van der Waals surface area contributed by atoms with Crippen LogP contribution in [0, 0.1) is 0 Å². The van der Waals surface area contributed by atoms with E-state index in [4.69, 9.17) is 5.73 Å². The largest absolute Gasteiger partial charge is 0.330 e. The van der Waals surface area contributed by atoms with Crippen molar-refractivity contribution < 1.29 is 4.79 Å². The van der Waals surface area contributed by atoms with E-state index in [0.29, 0.717) is 6.54 Å². The van der Waals surface area contributed by atoms with Gasteiger partial charge in [0.2, 0.25) is 5.91 Å². The molecule has 0 spiro atoms. The van der Waals surface area contributed by atoms with Crippen LogP contribution in [0.4, 0.5) is 5.69 Å². The van der Waals surface area contributed by atoms with Gasteiger partial charge in [0.05, 0.1) is 11.6 Å². The van der Waals surface area contributed by atoms with Gasteiger partial charge in [0, 0.05) is 4.47 Å². The average Bonchev–Trinajstić information content (AvgIpc) is 2.46. The number of amides is 1. The lowest BCUT2D eigenvalue weighted by Crippen LogP contribution is -2.08. The standard InChI is InChI=1S/C11H13BrN2O/c1-6-8-4-7(2-3-13)5-9(12)10(8)14-11(6)15/h4-6H,2-3,13H2,1H3,(H,14,15). The highest BCUT2D eigenvalue weighted by molar-refractivity contribution is 9.10. The minimum absolute atomic E-state index is 0.0611. The molecule has 0 fully saturated rings. The number of hydrogen-bond acceptors (Lipinski definition) is 2. The van der Waals surface area contributed by atoms with Crippen molar-refractivity contribution in [3.05, 3.63) is 27.7 Å². The van der Waals surface area contributed by atoms with Crippen molar-refractivity contribution in [2.75, 3.05) is 11.9 Å². The summed E-state index contributed by atoms with van der Waals surface area (Å²) in [4.78, 5) is 11.5. The molecule has 0 radical (unpaired) electrons. The van der Waals surface area contributed by atoms with Crippen LogP contribution in [0.1, 0.15) is 24.0 Å². The van der Waals surface area contributed by atoms with Crippen LogP contribution in [-0.2, 0) is 11.2 Å². The van der Waals surface area contributed by atoms with E-state index in [1.165, 1.54) is 5.56 Å². The summed E-state index contributed by atoms with van der Waals surface area (Å²) in [5.74, 6) is 0.00428. The lowest BCUT2D eigenvalue weighted by molar-refractivity contribution is -0.116. The number of rotatable bonds is 2. The van der Waals surface area contributed by atoms with Crippen molar-refractivity contribution in [1.29, 1.82) is 0 Å². The Balaban J connectivity index is 2.47. The predicted molar refractivity (Wildman–Crippen MR) is 63.9 cm³/mol. The van der Waals surface area contributed by atoms with Crippen molar-refractivity contribution in [2.45, 2.75) is 19.3 Å². The second kappa shape index (κ2) is 3.94. The summed E-state index contributed by atoms with van der Waals surface area (Å²) in [5, 5.41) is 2.87. The van der Waals surface area contributed by atoms with Crippen molar-refractivity contribution >= 4 is 27.5 Å². The molecule has 0 aliphatic carbocycles. The van der Waals surface area contributed by atoms with Gasteiger partial charge in [0.25, 0.3) is 0 Å². The van der Waals surface area contributed by atoms with Crippen LogP contribution >= 0.6 is 15.9 Å². The summed E-state index contributed by atoms with van der Waals surface area (Å²) in [6.45, 7) is 2.54. The Labute approximate surface area is 97.2 Å². The molecule has 1 amide bonds. The molecule has 3 nitrogen and oxygen atoms in total. The summed E-state index contributed by atoms with van der Waals surface area (Å²) in [6, 6.07) is 4.08. The van der Waals surface area contributed by atoms with Crippen LogP contribution in [0.25, 0.3) is 0 Å². The number of hydrogen-bond donors (Lipinski definition) is 2. The van der Waals surface area contributed by atoms with Crippen molar-refractivity contribution in [3.63, 3.8) is 0 Å². The van der Waals surface area contributed by atoms with Gasteiger partial charge < -0.3 is 11.1 Å². The molecule has 1 aliphatic rings. The zero-order valence-corrected chi connectivity index (χ0v) is 10.1. The first-order chi connectivity index (χ1) is 7.13. The maximum Gasteiger partial charge on any atom is 0.231 e. The zero-order valence-electron chi connectivity index (χ0n) is 8.51. The van der Waals surface area contributed by atoms with Crippen LogP contribution in [0.15, 0.2) is 16.6 Å². The molecule has 1 aromatic carbocycles. The van der Waals surface area contributed by atoms with Gasteiger partial charge in [0.1, 0.15) is 0 Å². The molecule has 4 heteroatoms. The number of benzene rings is 1. The van der Waals surface area contributed by atoms with Gasteiger partial charge in [-0.2, -0.15) is 0 Å². The van der Waals surface area contributed by atoms with E-state index >= 15 is 0 Å². The monoisotopic (exact) mass is 268 g/mol. The molecule has 1 atom stereocenters. The quantitative estimate of drug-likeness (QED) is 0.862. The summed E-state index contributed by atoms with van der Waals surface area (Å²) >= 11 is 3.47. The van der Waals surface area contributed by atoms with Crippen LogP contribution in [0.3, 0.4) is 0 Å². The summed E-state index contributed by atoms with van der Waals surface area (Å²) in [6.07, 6.45) is 0.840. The van der Waals surface area contributed by atoms with Gasteiger partial charge in [-0.15, -0.1) is 0 Å². The Morgan fingerprint density at radius 2 is 2.27 bits per heavy atom. The average molecular weight is 269 g/mol. The lowest BCUT2D eigenvalue weighted by Gasteiger charge is -2.07. The molecule has 1 aliphatic heterocycles. The number of fused-ring (bicyclic) bond motifs is 1. The minimum atomic E-state index is -0.0611. The third-order valence-electron chi connectivity index (χ3n) is 2.72. The molecule has 1 heterocycles. The van der Waals surface area contributed by atoms with E-state index in [-0.39, 0.29) is 11.8 Å². The molecule has 80 valence electrons. The Morgan fingerprint density at radius 3 is 2.93 bits per heavy atom. The first-order valence-electron chi connectivity index (χ1n) is 4.96. The fraction of sp³-hybridized carbons (Fsp3) is 0.364. The molecule has 15 heavy (non-hydrogen) atoms. The molecule has 2 rings (SSSR count). The maximum absolute atomic E-state index is 11.5. The van der Waals surface area contributed by atoms with Crippen molar-refractivity contribution in [1.82, 2.24) is 0 Å². The Hall–Kier alpha value is -0.870.